The number of aliphatic hydroxyl groups is 1. The van der Waals surface area contributed by atoms with Crippen LogP contribution in [0, 0.1) is 5.82 Å². The van der Waals surface area contributed by atoms with Gasteiger partial charge in [0.2, 0.25) is 0 Å². The number of aryl methyl sites for hydroxylation is 1. The van der Waals surface area contributed by atoms with Crippen molar-refractivity contribution in [3.05, 3.63) is 71.5 Å². The summed E-state index contributed by atoms with van der Waals surface area (Å²) in [5.41, 5.74) is 0.675. The van der Waals surface area contributed by atoms with Gasteiger partial charge < -0.3 is 15.3 Å². The average Bonchev–Trinajstić information content (AvgIpc) is 2.66. The number of rotatable bonds is 8. The Morgan fingerprint density at radius 3 is 2.67 bits per heavy atom. The second-order valence-corrected chi connectivity index (χ2v) is 7.25. The highest BCUT2D eigenvalue weighted by Gasteiger charge is 2.41. The molecule has 1 atom stereocenters. The predicted octanol–water partition coefficient (Wildman–Crippen LogP) is 2.90. The molecule has 1 unspecified atom stereocenters. The van der Waals surface area contributed by atoms with Gasteiger partial charge in [0.1, 0.15) is 5.82 Å². The summed E-state index contributed by atoms with van der Waals surface area (Å²) in [6, 6.07) is 16.5. The first-order valence-corrected chi connectivity index (χ1v) is 9.58. The molecular formula is C22H27FN2O2. The standard InChI is InChI=1S/C22H27FN2O2/c23-20-11-4-9-19(15-20)16-24-17-22(27)12-6-14-25(21(22)26)13-5-10-18-7-2-1-3-8-18/h1-4,7-9,11,15,24,27H,5-6,10,12-14,16-17H2. The minimum absolute atomic E-state index is 0.178. The van der Waals surface area contributed by atoms with Gasteiger partial charge in [0.05, 0.1) is 0 Å². The van der Waals surface area contributed by atoms with Crippen LogP contribution in [0.15, 0.2) is 54.6 Å². The fourth-order valence-electron chi connectivity index (χ4n) is 3.62. The predicted molar refractivity (Wildman–Crippen MR) is 104 cm³/mol. The highest BCUT2D eigenvalue weighted by molar-refractivity contribution is 5.86. The summed E-state index contributed by atoms with van der Waals surface area (Å²) in [7, 11) is 0. The third-order valence-corrected chi connectivity index (χ3v) is 5.08. The normalized spacial score (nSPS) is 20.1. The zero-order chi connectivity index (χ0) is 19.1. The van der Waals surface area contributed by atoms with Crippen LogP contribution in [-0.4, -0.2) is 41.1 Å². The Hall–Kier alpha value is -2.24. The Morgan fingerprint density at radius 1 is 1.11 bits per heavy atom. The zero-order valence-electron chi connectivity index (χ0n) is 15.5. The Kier molecular flexibility index (Phi) is 6.58. The maximum absolute atomic E-state index is 13.2. The third-order valence-electron chi connectivity index (χ3n) is 5.08. The monoisotopic (exact) mass is 370 g/mol. The highest BCUT2D eigenvalue weighted by atomic mass is 19.1. The smallest absolute Gasteiger partial charge is 0.255 e. The van der Waals surface area contributed by atoms with Crippen LogP contribution < -0.4 is 5.32 Å². The molecule has 4 nitrogen and oxygen atoms in total. The largest absolute Gasteiger partial charge is 0.379 e. The van der Waals surface area contributed by atoms with E-state index in [4.69, 9.17) is 0 Å². The number of carbonyl (C=O) groups is 1. The van der Waals surface area contributed by atoms with E-state index < -0.39 is 5.60 Å². The molecule has 0 spiro atoms. The van der Waals surface area contributed by atoms with Gasteiger partial charge in [-0.15, -0.1) is 0 Å². The number of likely N-dealkylation sites (tertiary alicyclic amines) is 1. The van der Waals surface area contributed by atoms with Crippen molar-refractivity contribution in [1.82, 2.24) is 10.2 Å². The van der Waals surface area contributed by atoms with Crippen molar-refractivity contribution in [3.63, 3.8) is 0 Å². The summed E-state index contributed by atoms with van der Waals surface area (Å²) >= 11 is 0. The number of hydrogen-bond acceptors (Lipinski definition) is 3. The molecule has 1 fully saturated rings. The Morgan fingerprint density at radius 2 is 1.89 bits per heavy atom. The molecule has 1 aliphatic rings. The molecule has 5 heteroatoms. The molecule has 1 amide bonds. The number of amides is 1. The van der Waals surface area contributed by atoms with Gasteiger partial charge in [-0.05, 0) is 48.9 Å². The Balaban J connectivity index is 1.48. The molecule has 1 aliphatic heterocycles. The summed E-state index contributed by atoms with van der Waals surface area (Å²) in [4.78, 5) is 14.5. The van der Waals surface area contributed by atoms with Gasteiger partial charge in [0.15, 0.2) is 5.60 Å². The summed E-state index contributed by atoms with van der Waals surface area (Å²) in [5, 5.41) is 13.9. The zero-order valence-corrected chi connectivity index (χ0v) is 15.5. The lowest BCUT2D eigenvalue weighted by Gasteiger charge is -2.38. The van der Waals surface area contributed by atoms with Gasteiger partial charge in [-0.3, -0.25) is 4.79 Å². The van der Waals surface area contributed by atoms with E-state index in [1.807, 2.05) is 24.3 Å². The van der Waals surface area contributed by atoms with Crippen molar-refractivity contribution in [1.29, 1.82) is 0 Å². The topological polar surface area (TPSA) is 52.6 Å². The van der Waals surface area contributed by atoms with Crippen LogP contribution in [0.25, 0.3) is 0 Å². The van der Waals surface area contributed by atoms with Gasteiger partial charge in [-0.25, -0.2) is 4.39 Å². The quantitative estimate of drug-likeness (QED) is 0.751. The molecule has 2 aromatic rings. The number of nitrogens with one attached hydrogen (secondary N) is 1. The molecule has 0 aliphatic carbocycles. The second kappa shape index (κ2) is 9.11. The van der Waals surface area contributed by atoms with E-state index in [-0.39, 0.29) is 18.3 Å². The number of carbonyl (C=O) groups excluding carboxylic acids is 1. The SMILES string of the molecule is O=C1N(CCCc2ccccc2)CCCC1(O)CNCc1cccc(F)c1. The van der Waals surface area contributed by atoms with Crippen LogP contribution in [0.1, 0.15) is 30.4 Å². The van der Waals surface area contributed by atoms with Crippen LogP contribution in [-0.2, 0) is 17.8 Å². The van der Waals surface area contributed by atoms with E-state index in [1.165, 1.54) is 17.7 Å². The van der Waals surface area contributed by atoms with E-state index in [0.717, 1.165) is 24.8 Å². The molecule has 3 rings (SSSR count). The van der Waals surface area contributed by atoms with Gasteiger partial charge in [-0.1, -0.05) is 42.5 Å². The number of piperidine rings is 1. The molecule has 0 aromatic heterocycles. The van der Waals surface area contributed by atoms with Crippen LogP contribution in [0.3, 0.4) is 0 Å². The summed E-state index contributed by atoms with van der Waals surface area (Å²) < 4.78 is 13.2. The minimum Gasteiger partial charge on any atom is -0.379 e. The van der Waals surface area contributed by atoms with Gasteiger partial charge in [0.25, 0.3) is 5.91 Å². The van der Waals surface area contributed by atoms with E-state index in [9.17, 15) is 14.3 Å². The van der Waals surface area contributed by atoms with Crippen LogP contribution in [0.4, 0.5) is 4.39 Å². The third kappa shape index (κ3) is 5.37. The molecular weight excluding hydrogens is 343 g/mol. The fraction of sp³-hybridized carbons (Fsp3) is 0.409. The maximum Gasteiger partial charge on any atom is 0.255 e. The van der Waals surface area contributed by atoms with Gasteiger partial charge in [-0.2, -0.15) is 0 Å². The van der Waals surface area contributed by atoms with E-state index in [2.05, 4.69) is 17.4 Å². The minimum atomic E-state index is -1.38. The Bertz CT molecular complexity index is 753. The summed E-state index contributed by atoms with van der Waals surface area (Å²) in [6.07, 6.45) is 3.04. The first-order chi connectivity index (χ1) is 13.1. The fourth-order valence-corrected chi connectivity index (χ4v) is 3.62. The first kappa shape index (κ1) is 19.5. The number of hydrogen-bond donors (Lipinski definition) is 2. The maximum atomic E-state index is 13.2. The van der Waals surface area contributed by atoms with Crippen molar-refractivity contribution < 1.29 is 14.3 Å². The molecule has 144 valence electrons. The number of benzene rings is 2. The molecule has 0 saturated carbocycles. The van der Waals surface area contributed by atoms with Crippen LogP contribution in [0.2, 0.25) is 0 Å². The molecule has 1 heterocycles. The van der Waals surface area contributed by atoms with E-state index in [0.29, 0.717) is 26.1 Å². The lowest BCUT2D eigenvalue weighted by atomic mass is 9.91. The van der Waals surface area contributed by atoms with Crippen molar-refractivity contribution in [2.45, 2.75) is 37.8 Å². The molecule has 2 aromatic carbocycles. The summed E-state index contributed by atoms with van der Waals surface area (Å²) in [5.74, 6) is -0.486. The highest BCUT2D eigenvalue weighted by Crippen LogP contribution is 2.23. The first-order valence-electron chi connectivity index (χ1n) is 9.58. The Labute approximate surface area is 160 Å². The number of nitrogens with zero attached hydrogens (tertiary/aromatic N) is 1. The van der Waals surface area contributed by atoms with Crippen molar-refractivity contribution in [2.75, 3.05) is 19.6 Å². The molecule has 0 bridgehead atoms. The van der Waals surface area contributed by atoms with Crippen LogP contribution >= 0.6 is 0 Å². The lowest BCUT2D eigenvalue weighted by molar-refractivity contribution is -0.156. The van der Waals surface area contributed by atoms with E-state index in [1.54, 1.807) is 11.0 Å². The molecule has 27 heavy (non-hydrogen) atoms. The van der Waals surface area contributed by atoms with Gasteiger partial charge in [0, 0.05) is 26.2 Å². The average molecular weight is 370 g/mol. The van der Waals surface area contributed by atoms with E-state index >= 15 is 0 Å². The second-order valence-electron chi connectivity index (χ2n) is 7.25. The molecule has 2 N–H and O–H groups in total. The van der Waals surface area contributed by atoms with Crippen molar-refractivity contribution in [2.24, 2.45) is 0 Å². The molecule has 1 saturated heterocycles. The van der Waals surface area contributed by atoms with Crippen molar-refractivity contribution >= 4 is 5.91 Å². The number of halogens is 1. The lowest BCUT2D eigenvalue weighted by Crippen LogP contribution is -2.58. The van der Waals surface area contributed by atoms with Crippen LogP contribution in [0.5, 0.6) is 0 Å². The molecule has 0 radical (unpaired) electrons. The van der Waals surface area contributed by atoms with Crippen molar-refractivity contribution in [3.8, 4) is 0 Å². The van der Waals surface area contributed by atoms with Gasteiger partial charge >= 0.3 is 0 Å². The summed E-state index contributed by atoms with van der Waals surface area (Å²) in [6.45, 7) is 1.94.